The summed E-state index contributed by atoms with van der Waals surface area (Å²) < 4.78 is 0. The van der Waals surface area contributed by atoms with Gasteiger partial charge in [-0.1, -0.05) is 36.8 Å². The lowest BCUT2D eigenvalue weighted by Gasteiger charge is -2.07. The van der Waals surface area contributed by atoms with Crippen LogP contribution in [-0.4, -0.2) is 16.5 Å². The molecule has 0 radical (unpaired) electrons. The summed E-state index contributed by atoms with van der Waals surface area (Å²) in [5, 5.41) is 0. The monoisotopic (exact) mass is 265 g/mol. The summed E-state index contributed by atoms with van der Waals surface area (Å²) >= 11 is 0. The predicted octanol–water partition coefficient (Wildman–Crippen LogP) is 3.60. The van der Waals surface area contributed by atoms with Crippen LogP contribution >= 0.6 is 0 Å². The van der Waals surface area contributed by atoms with E-state index in [9.17, 15) is 0 Å². The van der Waals surface area contributed by atoms with E-state index in [1.807, 2.05) is 0 Å². The quantitative estimate of drug-likeness (QED) is 0.760. The lowest BCUT2D eigenvalue weighted by atomic mass is 10.0. The number of aryl methyl sites for hydroxylation is 1. The molecule has 0 aliphatic carbocycles. The minimum Gasteiger partial charge on any atom is -0.338 e. The number of fused-ring (bicyclic) bond motifs is 1. The molecule has 3 N–H and O–H groups in total. The summed E-state index contributed by atoms with van der Waals surface area (Å²) in [5.74, 6) is 1.28. The van der Waals surface area contributed by atoms with Crippen LogP contribution in [0.25, 0.3) is 22.4 Å². The molecule has 0 aliphatic rings. The highest BCUT2D eigenvalue weighted by atomic mass is 14.9. The number of nitrogens with one attached hydrogen (secondary N) is 1. The van der Waals surface area contributed by atoms with Gasteiger partial charge in [0.15, 0.2) is 0 Å². The van der Waals surface area contributed by atoms with Crippen LogP contribution in [0.5, 0.6) is 0 Å². The van der Waals surface area contributed by atoms with Gasteiger partial charge >= 0.3 is 0 Å². The van der Waals surface area contributed by atoms with Gasteiger partial charge in [0.1, 0.15) is 5.82 Å². The van der Waals surface area contributed by atoms with Gasteiger partial charge in [0.05, 0.1) is 11.0 Å². The Hall–Kier alpha value is -2.13. The molecule has 1 heterocycles. The Morgan fingerprint density at radius 1 is 1.20 bits per heavy atom. The highest BCUT2D eigenvalue weighted by Gasteiger charge is 2.08. The van der Waals surface area contributed by atoms with Crippen molar-refractivity contribution in [3.05, 3.63) is 53.6 Å². The highest BCUT2D eigenvalue weighted by molar-refractivity contribution is 5.80. The highest BCUT2D eigenvalue weighted by Crippen LogP contribution is 2.24. The van der Waals surface area contributed by atoms with Gasteiger partial charge in [-0.2, -0.15) is 0 Å². The standard InChI is InChI=1S/C17H19N3/c1-11-4-3-5-14(8-11)17-19-15-7-6-13(12(2)10-18)9-16(15)20-17/h3-9,12H,10,18H2,1-2H3,(H,19,20). The van der Waals surface area contributed by atoms with E-state index in [2.05, 4.69) is 66.3 Å². The van der Waals surface area contributed by atoms with Crippen LogP contribution in [0.15, 0.2) is 42.5 Å². The molecular formula is C17H19N3. The summed E-state index contributed by atoms with van der Waals surface area (Å²) in [6.07, 6.45) is 0. The maximum atomic E-state index is 5.74. The van der Waals surface area contributed by atoms with E-state index in [1.54, 1.807) is 0 Å². The Morgan fingerprint density at radius 2 is 2.05 bits per heavy atom. The molecule has 3 aromatic rings. The third-order valence-electron chi connectivity index (χ3n) is 3.72. The average Bonchev–Trinajstić information content (AvgIpc) is 2.89. The fourth-order valence-electron chi connectivity index (χ4n) is 2.40. The van der Waals surface area contributed by atoms with Crippen LogP contribution in [0, 0.1) is 6.92 Å². The summed E-state index contributed by atoms with van der Waals surface area (Å²) in [4.78, 5) is 8.07. The smallest absolute Gasteiger partial charge is 0.138 e. The first-order valence-electron chi connectivity index (χ1n) is 6.94. The van der Waals surface area contributed by atoms with Crippen molar-refractivity contribution in [2.45, 2.75) is 19.8 Å². The second-order valence-electron chi connectivity index (χ2n) is 5.37. The number of nitrogens with two attached hydrogens (primary N) is 1. The van der Waals surface area contributed by atoms with Crippen LogP contribution in [0.2, 0.25) is 0 Å². The van der Waals surface area contributed by atoms with Gasteiger partial charge in [-0.15, -0.1) is 0 Å². The average molecular weight is 265 g/mol. The van der Waals surface area contributed by atoms with Crippen LogP contribution in [-0.2, 0) is 0 Å². The molecular weight excluding hydrogens is 246 g/mol. The molecule has 1 atom stereocenters. The van der Waals surface area contributed by atoms with E-state index < -0.39 is 0 Å². The zero-order valence-corrected chi connectivity index (χ0v) is 11.9. The van der Waals surface area contributed by atoms with Crippen molar-refractivity contribution in [1.29, 1.82) is 0 Å². The van der Waals surface area contributed by atoms with Gasteiger partial charge in [0.25, 0.3) is 0 Å². The number of rotatable bonds is 3. The van der Waals surface area contributed by atoms with Gasteiger partial charge in [-0.25, -0.2) is 4.98 Å². The number of H-pyrrole nitrogens is 1. The number of nitrogens with zero attached hydrogens (tertiary/aromatic N) is 1. The summed E-state index contributed by atoms with van der Waals surface area (Å²) in [6, 6.07) is 14.7. The van der Waals surface area contributed by atoms with Crippen molar-refractivity contribution in [2.24, 2.45) is 5.73 Å². The first-order valence-corrected chi connectivity index (χ1v) is 6.94. The number of benzene rings is 2. The fraction of sp³-hybridized carbons (Fsp3) is 0.235. The van der Waals surface area contributed by atoms with Gasteiger partial charge in [0.2, 0.25) is 0 Å². The molecule has 0 spiro atoms. The molecule has 3 heteroatoms. The van der Waals surface area contributed by atoms with Gasteiger partial charge < -0.3 is 10.7 Å². The van der Waals surface area contributed by atoms with Crippen LogP contribution in [0.3, 0.4) is 0 Å². The minimum absolute atomic E-state index is 0.366. The van der Waals surface area contributed by atoms with E-state index in [0.717, 1.165) is 22.4 Å². The van der Waals surface area contributed by atoms with Crippen molar-refractivity contribution in [3.63, 3.8) is 0 Å². The summed E-state index contributed by atoms with van der Waals surface area (Å²) in [7, 11) is 0. The van der Waals surface area contributed by atoms with E-state index in [-0.39, 0.29) is 0 Å². The molecule has 102 valence electrons. The third kappa shape index (κ3) is 2.32. The van der Waals surface area contributed by atoms with Gasteiger partial charge in [-0.3, -0.25) is 0 Å². The molecule has 0 amide bonds. The molecule has 1 unspecified atom stereocenters. The second kappa shape index (κ2) is 5.10. The van der Waals surface area contributed by atoms with Crippen LogP contribution in [0.4, 0.5) is 0 Å². The maximum absolute atomic E-state index is 5.74. The fourth-order valence-corrected chi connectivity index (χ4v) is 2.40. The Kier molecular flexibility index (Phi) is 3.28. The molecule has 0 bridgehead atoms. The van der Waals surface area contributed by atoms with Crippen molar-refractivity contribution in [2.75, 3.05) is 6.54 Å². The molecule has 3 rings (SSSR count). The Balaban J connectivity index is 2.06. The lowest BCUT2D eigenvalue weighted by molar-refractivity contribution is 0.775. The lowest BCUT2D eigenvalue weighted by Crippen LogP contribution is -2.08. The van der Waals surface area contributed by atoms with Crippen molar-refractivity contribution in [3.8, 4) is 11.4 Å². The van der Waals surface area contributed by atoms with E-state index >= 15 is 0 Å². The molecule has 0 aliphatic heterocycles. The molecule has 20 heavy (non-hydrogen) atoms. The Labute approximate surface area is 118 Å². The number of aromatic nitrogens is 2. The first kappa shape index (κ1) is 12.9. The molecule has 2 aromatic carbocycles. The van der Waals surface area contributed by atoms with Crippen molar-refractivity contribution >= 4 is 11.0 Å². The number of aromatic amines is 1. The second-order valence-corrected chi connectivity index (χ2v) is 5.37. The predicted molar refractivity (Wildman–Crippen MR) is 83.7 cm³/mol. The summed E-state index contributed by atoms with van der Waals surface area (Å²) in [6.45, 7) is 4.89. The molecule has 0 saturated heterocycles. The SMILES string of the molecule is Cc1cccc(-c2nc3ccc(C(C)CN)cc3[nH]2)c1. The van der Waals surface area contributed by atoms with E-state index in [4.69, 9.17) is 5.73 Å². The summed E-state index contributed by atoms with van der Waals surface area (Å²) in [5.41, 5.74) is 11.4. The van der Waals surface area contributed by atoms with E-state index in [0.29, 0.717) is 12.5 Å². The van der Waals surface area contributed by atoms with Crippen molar-refractivity contribution < 1.29 is 0 Å². The van der Waals surface area contributed by atoms with Gasteiger partial charge in [0, 0.05) is 5.56 Å². The van der Waals surface area contributed by atoms with Gasteiger partial charge in [-0.05, 0) is 43.1 Å². The maximum Gasteiger partial charge on any atom is 0.138 e. The number of imidazole rings is 1. The van der Waals surface area contributed by atoms with Crippen LogP contribution < -0.4 is 5.73 Å². The topological polar surface area (TPSA) is 54.7 Å². The number of hydrogen-bond acceptors (Lipinski definition) is 2. The minimum atomic E-state index is 0.366. The Bertz CT molecular complexity index is 743. The molecule has 3 nitrogen and oxygen atoms in total. The van der Waals surface area contributed by atoms with Crippen LogP contribution in [0.1, 0.15) is 24.0 Å². The zero-order valence-electron chi connectivity index (χ0n) is 11.9. The molecule has 1 aromatic heterocycles. The first-order chi connectivity index (χ1) is 9.67. The normalized spacial score (nSPS) is 12.8. The zero-order chi connectivity index (χ0) is 14.1. The number of hydrogen-bond donors (Lipinski definition) is 2. The van der Waals surface area contributed by atoms with E-state index in [1.165, 1.54) is 11.1 Å². The third-order valence-corrected chi connectivity index (χ3v) is 3.72. The Morgan fingerprint density at radius 3 is 2.80 bits per heavy atom. The largest absolute Gasteiger partial charge is 0.338 e. The molecule has 0 fully saturated rings. The van der Waals surface area contributed by atoms with Crippen molar-refractivity contribution in [1.82, 2.24) is 9.97 Å². The molecule has 0 saturated carbocycles.